The largest absolute Gasteiger partial charge is 0.497 e. The summed E-state index contributed by atoms with van der Waals surface area (Å²) in [4.78, 5) is 4.50. The van der Waals surface area contributed by atoms with Crippen LogP contribution in [0.15, 0.2) is 29.4 Å². The minimum Gasteiger partial charge on any atom is -0.497 e. The van der Waals surface area contributed by atoms with Crippen LogP contribution >= 0.6 is 11.8 Å². The van der Waals surface area contributed by atoms with Gasteiger partial charge in [0, 0.05) is 12.1 Å². The number of nitrogens with zero attached hydrogens (tertiary/aromatic N) is 6. The minimum atomic E-state index is 0.636. The molecule has 0 aliphatic heterocycles. The van der Waals surface area contributed by atoms with Crippen molar-refractivity contribution < 1.29 is 4.74 Å². The number of H-pyrrole nitrogens is 1. The quantitative estimate of drug-likeness (QED) is 0.627. The first-order valence-electron chi connectivity index (χ1n) is 7.75. The fourth-order valence-electron chi connectivity index (χ4n) is 2.13. The number of benzene rings is 1. The van der Waals surface area contributed by atoms with Crippen molar-refractivity contribution in [3.8, 4) is 17.1 Å². The average molecular weight is 345 g/mol. The summed E-state index contributed by atoms with van der Waals surface area (Å²) >= 11 is 1.51. The zero-order valence-electron chi connectivity index (χ0n) is 13.6. The molecule has 0 aliphatic rings. The van der Waals surface area contributed by atoms with E-state index in [1.807, 2.05) is 28.9 Å². The van der Waals surface area contributed by atoms with E-state index >= 15 is 0 Å². The molecule has 0 unspecified atom stereocenters. The van der Waals surface area contributed by atoms with Crippen LogP contribution in [0.1, 0.15) is 25.6 Å². The fraction of sp³-hybridized carbons (Fsp3) is 0.400. The summed E-state index contributed by atoms with van der Waals surface area (Å²) in [5.41, 5.74) is 0.961. The number of hydrogen-bond acceptors (Lipinski definition) is 7. The molecule has 126 valence electrons. The second kappa shape index (κ2) is 7.91. The second-order valence-corrected chi connectivity index (χ2v) is 6.10. The molecule has 0 spiro atoms. The van der Waals surface area contributed by atoms with Crippen LogP contribution in [-0.4, -0.2) is 42.5 Å². The van der Waals surface area contributed by atoms with Gasteiger partial charge in [0.15, 0.2) is 11.6 Å². The summed E-state index contributed by atoms with van der Waals surface area (Å²) in [5, 5.41) is 19.7. The van der Waals surface area contributed by atoms with E-state index in [1.165, 1.54) is 11.8 Å². The number of hydrogen-bond donors (Lipinski definition) is 1. The number of aryl methyl sites for hydroxylation is 1. The maximum Gasteiger partial charge on any atom is 0.209 e. The highest BCUT2D eigenvalue weighted by Crippen LogP contribution is 2.23. The van der Waals surface area contributed by atoms with Gasteiger partial charge in [0.05, 0.1) is 12.9 Å². The second-order valence-electron chi connectivity index (χ2n) is 5.16. The van der Waals surface area contributed by atoms with E-state index in [4.69, 9.17) is 4.74 Å². The van der Waals surface area contributed by atoms with E-state index in [2.05, 4.69) is 37.6 Å². The Balaban J connectivity index is 1.63. The molecule has 2 heterocycles. The number of thioether (sulfide) groups is 1. The van der Waals surface area contributed by atoms with Crippen molar-refractivity contribution >= 4 is 11.8 Å². The number of aromatic nitrogens is 7. The van der Waals surface area contributed by atoms with E-state index in [-0.39, 0.29) is 0 Å². The molecule has 3 rings (SSSR count). The lowest BCUT2D eigenvalue weighted by Gasteiger charge is -2.01. The monoisotopic (exact) mass is 345 g/mol. The highest BCUT2D eigenvalue weighted by atomic mass is 32.2. The van der Waals surface area contributed by atoms with Crippen LogP contribution in [0, 0.1) is 0 Å². The maximum atomic E-state index is 5.16. The van der Waals surface area contributed by atoms with Gasteiger partial charge in [0.1, 0.15) is 5.75 Å². The van der Waals surface area contributed by atoms with E-state index in [0.717, 1.165) is 42.3 Å². The Morgan fingerprint density at radius 2 is 2.08 bits per heavy atom. The molecule has 0 bridgehead atoms. The number of rotatable bonds is 8. The van der Waals surface area contributed by atoms with Crippen LogP contribution in [0.2, 0.25) is 0 Å². The van der Waals surface area contributed by atoms with Gasteiger partial charge < -0.3 is 4.74 Å². The molecule has 8 nitrogen and oxygen atoms in total. The van der Waals surface area contributed by atoms with Crippen LogP contribution in [-0.2, 0) is 12.3 Å². The van der Waals surface area contributed by atoms with Crippen molar-refractivity contribution in [1.29, 1.82) is 0 Å². The molecule has 0 saturated carbocycles. The van der Waals surface area contributed by atoms with Gasteiger partial charge in [-0.05, 0) is 41.1 Å². The van der Waals surface area contributed by atoms with E-state index in [0.29, 0.717) is 10.9 Å². The first-order valence-corrected chi connectivity index (χ1v) is 8.73. The van der Waals surface area contributed by atoms with Crippen LogP contribution in [0.5, 0.6) is 5.75 Å². The molecule has 0 fully saturated rings. The van der Waals surface area contributed by atoms with E-state index in [1.54, 1.807) is 7.11 Å². The molecule has 1 aromatic carbocycles. The molecular formula is C15H19N7OS. The first-order chi connectivity index (χ1) is 11.8. The molecular weight excluding hydrogens is 326 g/mol. The van der Waals surface area contributed by atoms with Gasteiger partial charge in [-0.2, -0.15) is 0 Å². The van der Waals surface area contributed by atoms with Gasteiger partial charge in [0.25, 0.3) is 0 Å². The van der Waals surface area contributed by atoms with Crippen molar-refractivity contribution in [1.82, 2.24) is 35.4 Å². The molecule has 0 aliphatic carbocycles. The van der Waals surface area contributed by atoms with Crippen molar-refractivity contribution in [2.24, 2.45) is 0 Å². The maximum absolute atomic E-state index is 5.16. The Hall–Kier alpha value is -2.42. The molecule has 0 amide bonds. The normalized spacial score (nSPS) is 10.9. The summed E-state index contributed by atoms with van der Waals surface area (Å²) in [6, 6.07) is 7.68. The van der Waals surface area contributed by atoms with Crippen molar-refractivity contribution in [2.45, 2.75) is 37.2 Å². The molecule has 24 heavy (non-hydrogen) atoms. The third kappa shape index (κ3) is 3.91. The van der Waals surface area contributed by atoms with Crippen LogP contribution in [0.4, 0.5) is 0 Å². The van der Waals surface area contributed by atoms with Gasteiger partial charge in [-0.15, -0.1) is 10.2 Å². The van der Waals surface area contributed by atoms with E-state index in [9.17, 15) is 0 Å². The van der Waals surface area contributed by atoms with Crippen molar-refractivity contribution in [3.05, 3.63) is 30.1 Å². The minimum absolute atomic E-state index is 0.636. The molecule has 1 N–H and O–H groups in total. The van der Waals surface area contributed by atoms with Gasteiger partial charge in [-0.3, -0.25) is 5.10 Å². The van der Waals surface area contributed by atoms with Crippen LogP contribution in [0.3, 0.4) is 0 Å². The number of tetrazole rings is 1. The molecule has 2 aromatic heterocycles. The Kier molecular flexibility index (Phi) is 5.42. The van der Waals surface area contributed by atoms with E-state index < -0.39 is 0 Å². The highest BCUT2D eigenvalue weighted by molar-refractivity contribution is 7.98. The fourth-order valence-corrected chi connectivity index (χ4v) is 2.86. The lowest BCUT2D eigenvalue weighted by Crippen LogP contribution is -2.05. The summed E-state index contributed by atoms with van der Waals surface area (Å²) in [7, 11) is 1.65. The smallest absolute Gasteiger partial charge is 0.209 e. The van der Waals surface area contributed by atoms with Crippen LogP contribution < -0.4 is 4.74 Å². The predicted molar refractivity (Wildman–Crippen MR) is 90.7 cm³/mol. The molecule has 3 aromatic rings. The van der Waals surface area contributed by atoms with Crippen molar-refractivity contribution in [2.75, 3.05) is 7.11 Å². The first kappa shape index (κ1) is 16.4. The third-order valence-corrected chi connectivity index (χ3v) is 4.33. The number of nitrogens with one attached hydrogen (secondary N) is 1. The summed E-state index contributed by atoms with van der Waals surface area (Å²) in [5.74, 6) is 3.01. The van der Waals surface area contributed by atoms with Crippen molar-refractivity contribution in [3.63, 3.8) is 0 Å². The lowest BCUT2D eigenvalue weighted by molar-refractivity contribution is 0.415. The highest BCUT2D eigenvalue weighted by Gasteiger charge is 2.10. The standard InChI is InChI=1S/C15H19N7OS/c1-3-4-9-22-13(17-20-21-22)10-24-15-16-14(18-19-15)11-5-7-12(23-2)8-6-11/h5-8H,3-4,9-10H2,1-2H3,(H,16,18,19). The molecule has 0 saturated heterocycles. The molecule has 9 heteroatoms. The van der Waals surface area contributed by atoms with Gasteiger partial charge in [-0.25, -0.2) is 9.67 Å². The lowest BCUT2D eigenvalue weighted by atomic mass is 10.2. The topological polar surface area (TPSA) is 94.4 Å². The zero-order valence-corrected chi connectivity index (χ0v) is 14.5. The van der Waals surface area contributed by atoms with Crippen LogP contribution in [0.25, 0.3) is 11.4 Å². The molecule has 0 radical (unpaired) electrons. The van der Waals surface area contributed by atoms with Gasteiger partial charge >= 0.3 is 0 Å². The Bertz CT molecular complexity index is 768. The Labute approximate surface area is 144 Å². The number of ether oxygens (including phenoxy) is 1. The SMILES string of the molecule is CCCCn1nnnc1CSc1n[nH]c(-c2ccc(OC)cc2)n1. The number of aromatic amines is 1. The van der Waals surface area contributed by atoms with Gasteiger partial charge in [0.2, 0.25) is 5.16 Å². The average Bonchev–Trinajstić information content (AvgIpc) is 3.27. The number of unbranched alkanes of at least 4 members (excludes halogenated alkanes) is 1. The number of methoxy groups -OCH3 is 1. The third-order valence-electron chi connectivity index (χ3n) is 3.49. The zero-order chi connectivity index (χ0) is 16.8. The summed E-state index contributed by atoms with van der Waals surface area (Å²) in [6.45, 7) is 2.98. The summed E-state index contributed by atoms with van der Waals surface area (Å²) in [6.07, 6.45) is 2.17. The predicted octanol–water partition coefficient (Wildman–Crippen LogP) is 2.56. The Morgan fingerprint density at radius 3 is 2.83 bits per heavy atom. The Morgan fingerprint density at radius 1 is 1.25 bits per heavy atom. The summed E-state index contributed by atoms with van der Waals surface area (Å²) < 4.78 is 7.00. The molecule has 0 atom stereocenters. The van der Waals surface area contributed by atoms with Gasteiger partial charge in [-0.1, -0.05) is 25.1 Å².